The number of non-ortho nitro benzene ring substituents is 1. The minimum Gasteiger partial charge on any atom is -0.454 e. The zero-order valence-electron chi connectivity index (χ0n) is 15.1. The summed E-state index contributed by atoms with van der Waals surface area (Å²) >= 11 is 0. The molecule has 0 fully saturated rings. The van der Waals surface area contributed by atoms with E-state index in [0.717, 1.165) is 6.08 Å². The molecule has 2 aromatic carbocycles. The van der Waals surface area contributed by atoms with E-state index in [4.69, 9.17) is 4.74 Å². The molecule has 0 aliphatic rings. The van der Waals surface area contributed by atoms with Crippen molar-refractivity contribution in [2.45, 2.75) is 13.3 Å². The highest BCUT2D eigenvalue weighted by Gasteiger charge is 2.09. The Balaban J connectivity index is 1.85. The lowest BCUT2D eigenvalue weighted by Crippen LogP contribution is -2.13. The molecular weight excluding hydrogens is 364 g/mol. The Hall–Kier alpha value is -3.81. The number of ether oxygens (including phenoxy) is 1. The predicted molar refractivity (Wildman–Crippen MR) is 103 cm³/mol. The molecule has 0 aliphatic heterocycles. The molecule has 0 atom stereocenters. The van der Waals surface area contributed by atoms with E-state index in [2.05, 4.69) is 5.32 Å². The first kappa shape index (κ1) is 20.5. The Kier molecular flexibility index (Phi) is 7.15. The minimum absolute atomic E-state index is 0.0504. The van der Waals surface area contributed by atoms with E-state index in [9.17, 15) is 24.5 Å². The monoisotopic (exact) mass is 382 g/mol. The average Bonchev–Trinajstić information content (AvgIpc) is 2.71. The maximum Gasteiger partial charge on any atom is 0.331 e. The van der Waals surface area contributed by atoms with Crippen LogP contribution in [0.4, 0.5) is 11.4 Å². The van der Waals surface area contributed by atoms with Gasteiger partial charge >= 0.3 is 5.97 Å². The molecule has 8 heteroatoms. The lowest BCUT2D eigenvalue weighted by Gasteiger charge is -2.05. The number of hydrogen-bond donors (Lipinski definition) is 1. The van der Waals surface area contributed by atoms with E-state index in [1.807, 2.05) is 0 Å². The number of esters is 1. The molecule has 144 valence electrons. The largest absolute Gasteiger partial charge is 0.454 e. The maximum atomic E-state index is 12.1. The SMILES string of the molecule is CCC(=O)Nc1ccc(C(=O)COC(=O)/C=C/c2ccc([N+](=O)[O-])cc2)cc1. The summed E-state index contributed by atoms with van der Waals surface area (Å²) in [5, 5.41) is 13.3. The van der Waals surface area contributed by atoms with Gasteiger partial charge in [-0.2, -0.15) is 0 Å². The number of amides is 1. The Morgan fingerprint density at radius 3 is 2.29 bits per heavy atom. The number of nitrogens with one attached hydrogen (secondary N) is 1. The lowest BCUT2D eigenvalue weighted by molar-refractivity contribution is -0.384. The number of carbonyl (C=O) groups is 3. The number of benzene rings is 2. The van der Waals surface area contributed by atoms with Gasteiger partial charge in [-0.05, 0) is 48.0 Å². The van der Waals surface area contributed by atoms with Gasteiger partial charge in [0.25, 0.3) is 5.69 Å². The minimum atomic E-state index is -0.710. The summed E-state index contributed by atoms with van der Waals surface area (Å²) in [6, 6.07) is 11.9. The van der Waals surface area contributed by atoms with Crippen molar-refractivity contribution in [2.24, 2.45) is 0 Å². The second-order valence-electron chi connectivity index (χ2n) is 5.69. The summed E-state index contributed by atoms with van der Waals surface area (Å²) in [6.07, 6.45) is 2.92. The highest BCUT2D eigenvalue weighted by atomic mass is 16.6. The summed E-state index contributed by atoms with van der Waals surface area (Å²) in [6.45, 7) is 1.31. The van der Waals surface area contributed by atoms with Crippen LogP contribution < -0.4 is 5.32 Å². The van der Waals surface area contributed by atoms with Crippen LogP contribution in [0.2, 0.25) is 0 Å². The first-order chi connectivity index (χ1) is 13.4. The van der Waals surface area contributed by atoms with Crippen molar-refractivity contribution in [3.05, 3.63) is 75.8 Å². The van der Waals surface area contributed by atoms with Gasteiger partial charge in [0, 0.05) is 35.9 Å². The van der Waals surface area contributed by atoms with Gasteiger partial charge in [0.05, 0.1) is 4.92 Å². The van der Waals surface area contributed by atoms with Crippen LogP contribution in [0.15, 0.2) is 54.6 Å². The molecule has 0 aromatic heterocycles. The third kappa shape index (κ3) is 6.17. The second-order valence-corrected chi connectivity index (χ2v) is 5.69. The molecule has 2 aromatic rings. The highest BCUT2D eigenvalue weighted by Crippen LogP contribution is 2.13. The molecule has 0 heterocycles. The molecule has 0 aliphatic carbocycles. The third-order valence-corrected chi connectivity index (χ3v) is 3.67. The first-order valence-corrected chi connectivity index (χ1v) is 8.41. The highest BCUT2D eigenvalue weighted by molar-refractivity contribution is 5.99. The molecule has 2 rings (SSSR count). The van der Waals surface area contributed by atoms with Crippen LogP contribution in [-0.4, -0.2) is 29.2 Å². The van der Waals surface area contributed by atoms with Crippen molar-refractivity contribution in [3.8, 4) is 0 Å². The standard InChI is InChI=1S/C20H18N2O6/c1-2-19(24)21-16-8-6-15(7-9-16)18(23)13-28-20(25)12-5-14-3-10-17(11-4-14)22(26)27/h3-12H,2,13H2,1H3,(H,21,24)/b12-5+. The summed E-state index contributed by atoms with van der Waals surface area (Å²) in [5.74, 6) is -1.23. The van der Waals surface area contributed by atoms with E-state index in [-0.39, 0.29) is 17.4 Å². The predicted octanol–water partition coefficient (Wildman–Crippen LogP) is 3.38. The van der Waals surface area contributed by atoms with Crippen LogP contribution >= 0.6 is 0 Å². The summed E-state index contributed by atoms with van der Waals surface area (Å²) in [5.41, 5.74) is 1.46. The maximum absolute atomic E-state index is 12.1. The molecule has 0 spiro atoms. The fraction of sp³-hybridized carbons (Fsp3) is 0.150. The van der Waals surface area contributed by atoms with Crippen molar-refractivity contribution < 1.29 is 24.0 Å². The van der Waals surface area contributed by atoms with Gasteiger partial charge in [-0.1, -0.05) is 6.92 Å². The zero-order valence-corrected chi connectivity index (χ0v) is 15.1. The zero-order chi connectivity index (χ0) is 20.5. The number of nitro benzene ring substituents is 1. The number of nitrogens with zero attached hydrogens (tertiary/aromatic N) is 1. The number of anilines is 1. The molecule has 0 saturated carbocycles. The van der Waals surface area contributed by atoms with Crippen LogP contribution in [0.1, 0.15) is 29.3 Å². The first-order valence-electron chi connectivity index (χ1n) is 8.41. The quantitative estimate of drug-likeness (QED) is 0.246. The van der Waals surface area contributed by atoms with Gasteiger partial charge in [-0.15, -0.1) is 0 Å². The lowest BCUT2D eigenvalue weighted by atomic mass is 10.1. The van der Waals surface area contributed by atoms with Crippen molar-refractivity contribution in [2.75, 3.05) is 11.9 Å². The van der Waals surface area contributed by atoms with Gasteiger partial charge in [-0.3, -0.25) is 19.7 Å². The van der Waals surface area contributed by atoms with Gasteiger partial charge in [0.1, 0.15) is 0 Å². The smallest absolute Gasteiger partial charge is 0.331 e. The number of nitro groups is 1. The van der Waals surface area contributed by atoms with Crippen LogP contribution in [0, 0.1) is 10.1 Å². The third-order valence-electron chi connectivity index (χ3n) is 3.67. The van der Waals surface area contributed by atoms with Crippen molar-refractivity contribution in [1.82, 2.24) is 0 Å². The molecule has 8 nitrogen and oxygen atoms in total. The number of hydrogen-bond acceptors (Lipinski definition) is 6. The Labute approximate surface area is 161 Å². The summed E-state index contributed by atoms with van der Waals surface area (Å²) < 4.78 is 4.90. The van der Waals surface area contributed by atoms with E-state index in [1.165, 1.54) is 42.5 Å². The Morgan fingerprint density at radius 1 is 1.07 bits per heavy atom. The van der Waals surface area contributed by atoms with Crippen LogP contribution in [-0.2, 0) is 14.3 Å². The van der Waals surface area contributed by atoms with Crippen LogP contribution in [0.5, 0.6) is 0 Å². The Bertz CT molecular complexity index is 901. The molecule has 1 amide bonds. The van der Waals surface area contributed by atoms with Crippen molar-refractivity contribution >= 4 is 35.1 Å². The van der Waals surface area contributed by atoms with E-state index >= 15 is 0 Å². The summed E-state index contributed by atoms with van der Waals surface area (Å²) in [7, 11) is 0. The number of carbonyl (C=O) groups excluding carboxylic acids is 3. The van der Waals surface area contributed by atoms with Crippen LogP contribution in [0.25, 0.3) is 6.08 Å². The molecule has 0 saturated heterocycles. The van der Waals surface area contributed by atoms with Gasteiger partial charge in [0.15, 0.2) is 12.4 Å². The molecule has 0 unspecified atom stereocenters. The Morgan fingerprint density at radius 2 is 1.71 bits per heavy atom. The van der Waals surface area contributed by atoms with E-state index < -0.39 is 17.5 Å². The van der Waals surface area contributed by atoms with E-state index in [0.29, 0.717) is 23.2 Å². The number of Topliss-reactive ketones (excluding diaryl/α,β-unsaturated/α-hetero) is 1. The molecule has 1 N–H and O–H groups in total. The van der Waals surface area contributed by atoms with Crippen molar-refractivity contribution in [1.29, 1.82) is 0 Å². The van der Waals surface area contributed by atoms with Gasteiger partial charge in [-0.25, -0.2) is 4.79 Å². The summed E-state index contributed by atoms with van der Waals surface area (Å²) in [4.78, 5) is 45.2. The molecule has 28 heavy (non-hydrogen) atoms. The van der Waals surface area contributed by atoms with Gasteiger partial charge < -0.3 is 10.1 Å². The van der Waals surface area contributed by atoms with E-state index in [1.54, 1.807) is 19.1 Å². The molecule has 0 radical (unpaired) electrons. The van der Waals surface area contributed by atoms with Crippen molar-refractivity contribution in [3.63, 3.8) is 0 Å². The van der Waals surface area contributed by atoms with Crippen LogP contribution in [0.3, 0.4) is 0 Å². The normalized spacial score (nSPS) is 10.5. The van der Waals surface area contributed by atoms with Gasteiger partial charge in [0.2, 0.25) is 5.91 Å². The topological polar surface area (TPSA) is 116 Å². The number of rotatable bonds is 8. The fourth-order valence-electron chi connectivity index (χ4n) is 2.13. The molecule has 0 bridgehead atoms. The number of ketones is 1. The average molecular weight is 382 g/mol. The molecular formula is C20H18N2O6. The second kappa shape index (κ2) is 9.77. The fourth-order valence-corrected chi connectivity index (χ4v) is 2.13.